The van der Waals surface area contributed by atoms with E-state index in [9.17, 15) is 0 Å². The number of likely N-dealkylation sites (N-methyl/N-ethyl adjacent to an activating group) is 1. The molecule has 0 saturated carbocycles. The van der Waals surface area contributed by atoms with Gasteiger partial charge in [0.05, 0.1) is 6.04 Å². The van der Waals surface area contributed by atoms with Crippen molar-refractivity contribution in [3.05, 3.63) is 34.9 Å². The summed E-state index contributed by atoms with van der Waals surface area (Å²) in [4.78, 5) is 0. The van der Waals surface area contributed by atoms with Gasteiger partial charge in [-0.3, -0.25) is 0 Å². The van der Waals surface area contributed by atoms with Crippen LogP contribution < -0.4 is 5.32 Å². The van der Waals surface area contributed by atoms with E-state index in [1.54, 1.807) is 14.2 Å². The van der Waals surface area contributed by atoms with Gasteiger partial charge in [0.25, 0.3) is 0 Å². The molecule has 0 saturated heterocycles. The van der Waals surface area contributed by atoms with Gasteiger partial charge in [-0.15, -0.1) is 0 Å². The summed E-state index contributed by atoms with van der Waals surface area (Å²) < 4.78 is 10.6. The molecule has 1 aromatic rings. The molecule has 0 aliphatic heterocycles. The molecular weight excluding hydrogens is 202 g/mol. The van der Waals surface area contributed by atoms with E-state index < -0.39 is 0 Å². The first-order valence-electron chi connectivity index (χ1n) is 5.44. The number of benzene rings is 1. The molecule has 90 valence electrons. The highest BCUT2D eigenvalue weighted by molar-refractivity contribution is 5.33. The molecule has 1 aromatic carbocycles. The molecule has 0 bridgehead atoms. The SMILES string of the molecule is CNC(c1ccc(C)cc1C)C(OC)OC. The number of rotatable bonds is 5. The van der Waals surface area contributed by atoms with Crippen molar-refractivity contribution in [2.45, 2.75) is 26.2 Å². The van der Waals surface area contributed by atoms with Crippen molar-refractivity contribution in [2.75, 3.05) is 21.3 Å². The zero-order valence-corrected chi connectivity index (χ0v) is 10.7. The van der Waals surface area contributed by atoms with E-state index in [-0.39, 0.29) is 12.3 Å². The van der Waals surface area contributed by atoms with Crippen LogP contribution >= 0.6 is 0 Å². The Morgan fingerprint density at radius 3 is 2.19 bits per heavy atom. The van der Waals surface area contributed by atoms with Gasteiger partial charge in [-0.25, -0.2) is 0 Å². The molecule has 0 fully saturated rings. The van der Waals surface area contributed by atoms with Crippen molar-refractivity contribution in [1.82, 2.24) is 5.32 Å². The lowest BCUT2D eigenvalue weighted by atomic mass is 9.99. The highest BCUT2D eigenvalue weighted by Crippen LogP contribution is 2.23. The summed E-state index contributed by atoms with van der Waals surface area (Å²) >= 11 is 0. The van der Waals surface area contributed by atoms with E-state index in [0.717, 1.165) is 0 Å². The largest absolute Gasteiger partial charge is 0.354 e. The molecule has 1 atom stereocenters. The van der Waals surface area contributed by atoms with Crippen molar-refractivity contribution < 1.29 is 9.47 Å². The average Bonchev–Trinajstić information content (AvgIpc) is 2.27. The molecule has 0 aliphatic rings. The first-order valence-corrected chi connectivity index (χ1v) is 5.44. The summed E-state index contributed by atoms with van der Waals surface area (Å²) in [7, 11) is 5.22. The molecule has 1 rings (SSSR count). The van der Waals surface area contributed by atoms with Crippen molar-refractivity contribution in [3.63, 3.8) is 0 Å². The summed E-state index contributed by atoms with van der Waals surface area (Å²) in [5.74, 6) is 0. The lowest BCUT2D eigenvalue weighted by molar-refractivity contribution is -0.123. The number of aryl methyl sites for hydroxylation is 2. The van der Waals surface area contributed by atoms with Crippen LogP contribution in [0.4, 0.5) is 0 Å². The van der Waals surface area contributed by atoms with Gasteiger partial charge in [-0.2, -0.15) is 0 Å². The first-order chi connectivity index (χ1) is 7.63. The van der Waals surface area contributed by atoms with Crippen LogP contribution in [0.15, 0.2) is 18.2 Å². The van der Waals surface area contributed by atoms with E-state index in [2.05, 4.69) is 37.4 Å². The Hall–Kier alpha value is -0.900. The van der Waals surface area contributed by atoms with Gasteiger partial charge >= 0.3 is 0 Å². The summed E-state index contributed by atoms with van der Waals surface area (Å²) in [5, 5.41) is 3.23. The Balaban J connectivity index is 3.03. The molecular formula is C13H21NO2. The van der Waals surface area contributed by atoms with E-state index >= 15 is 0 Å². The Labute approximate surface area is 97.8 Å². The van der Waals surface area contributed by atoms with E-state index in [1.807, 2.05) is 7.05 Å². The van der Waals surface area contributed by atoms with Crippen LogP contribution in [0.25, 0.3) is 0 Å². The molecule has 0 radical (unpaired) electrons. The molecule has 0 spiro atoms. The highest BCUT2D eigenvalue weighted by Gasteiger charge is 2.22. The van der Waals surface area contributed by atoms with Gasteiger partial charge < -0.3 is 14.8 Å². The molecule has 1 N–H and O–H groups in total. The van der Waals surface area contributed by atoms with Gasteiger partial charge in [-0.1, -0.05) is 23.8 Å². The Bertz CT molecular complexity index is 335. The zero-order valence-electron chi connectivity index (χ0n) is 10.7. The molecule has 0 amide bonds. The van der Waals surface area contributed by atoms with Crippen LogP contribution in [0.2, 0.25) is 0 Å². The lowest BCUT2D eigenvalue weighted by Gasteiger charge is -2.26. The smallest absolute Gasteiger partial charge is 0.176 e. The summed E-state index contributed by atoms with van der Waals surface area (Å²) in [6, 6.07) is 6.45. The van der Waals surface area contributed by atoms with Crippen LogP contribution in [0.5, 0.6) is 0 Å². The third-order valence-corrected chi connectivity index (χ3v) is 2.81. The maximum Gasteiger partial charge on any atom is 0.176 e. The van der Waals surface area contributed by atoms with E-state index in [4.69, 9.17) is 9.47 Å². The van der Waals surface area contributed by atoms with E-state index in [0.29, 0.717) is 0 Å². The molecule has 0 aromatic heterocycles. The third kappa shape index (κ3) is 2.82. The van der Waals surface area contributed by atoms with Crippen molar-refractivity contribution >= 4 is 0 Å². The van der Waals surface area contributed by atoms with E-state index in [1.165, 1.54) is 16.7 Å². The normalized spacial score (nSPS) is 13.1. The fourth-order valence-electron chi connectivity index (χ4n) is 1.98. The van der Waals surface area contributed by atoms with Crippen molar-refractivity contribution in [3.8, 4) is 0 Å². The summed E-state index contributed by atoms with van der Waals surface area (Å²) in [6.45, 7) is 4.20. The van der Waals surface area contributed by atoms with Gasteiger partial charge in [0.15, 0.2) is 6.29 Å². The van der Waals surface area contributed by atoms with Crippen LogP contribution in [0.1, 0.15) is 22.7 Å². The molecule has 0 aliphatic carbocycles. The topological polar surface area (TPSA) is 30.5 Å². The Kier molecular flexibility index (Phi) is 4.93. The van der Waals surface area contributed by atoms with Crippen LogP contribution in [-0.2, 0) is 9.47 Å². The number of methoxy groups -OCH3 is 2. The standard InChI is InChI=1S/C13H21NO2/c1-9-6-7-11(10(2)8-9)12(14-3)13(15-4)16-5/h6-8,12-14H,1-5H3. The second kappa shape index (κ2) is 5.99. The maximum atomic E-state index is 5.31. The fraction of sp³-hybridized carbons (Fsp3) is 0.538. The number of hydrogen-bond donors (Lipinski definition) is 1. The van der Waals surface area contributed by atoms with Crippen LogP contribution in [-0.4, -0.2) is 27.6 Å². The number of hydrogen-bond acceptors (Lipinski definition) is 3. The molecule has 1 unspecified atom stereocenters. The van der Waals surface area contributed by atoms with Gasteiger partial charge in [0, 0.05) is 14.2 Å². The second-order valence-electron chi connectivity index (χ2n) is 3.97. The number of nitrogens with one attached hydrogen (secondary N) is 1. The number of ether oxygens (including phenoxy) is 2. The molecule has 3 heteroatoms. The Morgan fingerprint density at radius 2 is 1.75 bits per heavy atom. The van der Waals surface area contributed by atoms with Gasteiger partial charge in [0.2, 0.25) is 0 Å². The van der Waals surface area contributed by atoms with Crippen LogP contribution in [0.3, 0.4) is 0 Å². The molecule has 3 nitrogen and oxygen atoms in total. The van der Waals surface area contributed by atoms with Gasteiger partial charge in [0.1, 0.15) is 0 Å². The summed E-state index contributed by atoms with van der Waals surface area (Å²) in [5.41, 5.74) is 3.72. The predicted octanol–water partition coefficient (Wildman–Crippen LogP) is 2.18. The zero-order chi connectivity index (χ0) is 12.1. The monoisotopic (exact) mass is 223 g/mol. The van der Waals surface area contributed by atoms with Crippen molar-refractivity contribution in [1.29, 1.82) is 0 Å². The van der Waals surface area contributed by atoms with Crippen molar-refractivity contribution in [2.24, 2.45) is 0 Å². The minimum Gasteiger partial charge on any atom is -0.354 e. The highest BCUT2D eigenvalue weighted by atomic mass is 16.7. The predicted molar refractivity (Wildman–Crippen MR) is 65.5 cm³/mol. The van der Waals surface area contributed by atoms with Crippen LogP contribution in [0, 0.1) is 13.8 Å². The minimum atomic E-state index is -0.272. The maximum absolute atomic E-state index is 5.31. The first kappa shape index (κ1) is 13.2. The quantitative estimate of drug-likeness (QED) is 0.776. The summed E-state index contributed by atoms with van der Waals surface area (Å²) in [6.07, 6.45) is -0.272. The lowest BCUT2D eigenvalue weighted by Crippen LogP contribution is -2.32. The Morgan fingerprint density at radius 1 is 1.12 bits per heavy atom. The average molecular weight is 223 g/mol. The second-order valence-corrected chi connectivity index (χ2v) is 3.97. The molecule has 16 heavy (non-hydrogen) atoms. The minimum absolute atomic E-state index is 0.0515. The molecule has 0 heterocycles. The van der Waals surface area contributed by atoms with Gasteiger partial charge in [-0.05, 0) is 32.0 Å². The fourth-order valence-corrected chi connectivity index (χ4v) is 1.98. The third-order valence-electron chi connectivity index (χ3n) is 2.81.